The molecule has 4 atom stereocenters. The van der Waals surface area contributed by atoms with Crippen molar-refractivity contribution in [2.75, 3.05) is 23.4 Å². The van der Waals surface area contributed by atoms with Crippen LogP contribution in [0.3, 0.4) is 0 Å². The second kappa shape index (κ2) is 7.29. The van der Waals surface area contributed by atoms with E-state index in [9.17, 15) is 19.2 Å². The van der Waals surface area contributed by atoms with Crippen LogP contribution in [0, 0.1) is 11.8 Å². The van der Waals surface area contributed by atoms with Crippen LogP contribution in [0.4, 0.5) is 11.4 Å². The number of primary amides is 1. The Kier molecular flexibility index (Phi) is 4.43. The topological polar surface area (TPSA) is 140 Å². The number of rotatable bonds is 4. The lowest BCUT2D eigenvalue weighted by Gasteiger charge is -2.29. The predicted octanol–water partition coefficient (Wildman–Crippen LogP) is 0.648. The summed E-state index contributed by atoms with van der Waals surface area (Å²) in [4.78, 5) is 53.6. The Labute approximate surface area is 194 Å². The average molecular weight is 462 g/mol. The smallest absolute Gasteiger partial charge is 0.250 e. The SMILES string of the molecule is NC(=O)CC[C@@H]1N[C@]2(C(=O)Nc3ccccc32)[C@@H]2C(=O)N(c3ccc4c(c3)OCCO4)C(=O)[C@H]12. The van der Waals surface area contributed by atoms with E-state index < -0.39 is 47.0 Å². The molecule has 4 amide bonds. The third kappa shape index (κ3) is 2.72. The van der Waals surface area contributed by atoms with Crippen LogP contribution < -0.4 is 30.7 Å². The second-order valence-corrected chi connectivity index (χ2v) is 8.91. The number of benzene rings is 2. The standard InChI is InChI=1S/C24H22N4O6/c25-18(29)8-6-15-19-20(24(27-15)13-3-1-2-4-14(13)26-23(24)32)22(31)28(21(19)30)12-5-7-16-17(11-12)34-10-9-33-16/h1-5,7,11,15,19-20,27H,6,8-10H2,(H2,25,29)(H,26,32)/t15-,19+,20-,24-/m0/s1. The molecule has 4 heterocycles. The summed E-state index contributed by atoms with van der Waals surface area (Å²) in [5, 5.41) is 6.13. The molecule has 4 aliphatic heterocycles. The minimum absolute atomic E-state index is 0.0196. The van der Waals surface area contributed by atoms with Crippen LogP contribution in [0.15, 0.2) is 42.5 Å². The lowest BCUT2D eigenvalue weighted by atomic mass is 9.76. The van der Waals surface area contributed by atoms with Crippen molar-refractivity contribution in [2.45, 2.75) is 24.4 Å². The number of ether oxygens (including phenoxy) is 2. The normalized spacial score (nSPS) is 28.8. The van der Waals surface area contributed by atoms with Crippen LogP contribution in [0.25, 0.3) is 0 Å². The Morgan fingerprint density at radius 1 is 1.06 bits per heavy atom. The first-order chi connectivity index (χ1) is 16.4. The van der Waals surface area contributed by atoms with Crippen molar-refractivity contribution in [1.29, 1.82) is 0 Å². The lowest BCUT2D eigenvalue weighted by molar-refractivity contribution is -0.130. The van der Waals surface area contributed by atoms with Crippen LogP contribution in [-0.2, 0) is 24.7 Å². The summed E-state index contributed by atoms with van der Waals surface area (Å²) >= 11 is 0. The maximum absolute atomic E-state index is 13.9. The highest BCUT2D eigenvalue weighted by Crippen LogP contribution is 2.54. The molecule has 34 heavy (non-hydrogen) atoms. The van der Waals surface area contributed by atoms with Gasteiger partial charge in [0.05, 0.1) is 17.5 Å². The fourth-order valence-corrected chi connectivity index (χ4v) is 5.73. The van der Waals surface area contributed by atoms with Gasteiger partial charge in [0.2, 0.25) is 23.6 Å². The van der Waals surface area contributed by atoms with Gasteiger partial charge in [-0.25, -0.2) is 4.90 Å². The molecule has 2 aromatic rings. The van der Waals surface area contributed by atoms with Gasteiger partial charge in [-0.15, -0.1) is 0 Å². The summed E-state index contributed by atoms with van der Waals surface area (Å²) in [6.07, 6.45) is 0.243. The summed E-state index contributed by atoms with van der Waals surface area (Å²) in [6, 6.07) is 11.4. The van der Waals surface area contributed by atoms with E-state index in [2.05, 4.69) is 10.6 Å². The Balaban J connectivity index is 1.46. The van der Waals surface area contributed by atoms with Crippen molar-refractivity contribution >= 4 is 35.0 Å². The van der Waals surface area contributed by atoms with Gasteiger partial charge in [0.1, 0.15) is 18.8 Å². The van der Waals surface area contributed by atoms with Crippen molar-refractivity contribution in [3.8, 4) is 11.5 Å². The van der Waals surface area contributed by atoms with Gasteiger partial charge in [0, 0.05) is 29.8 Å². The van der Waals surface area contributed by atoms with E-state index in [1.807, 2.05) is 0 Å². The van der Waals surface area contributed by atoms with Crippen molar-refractivity contribution in [1.82, 2.24) is 5.32 Å². The van der Waals surface area contributed by atoms with Gasteiger partial charge in [-0.2, -0.15) is 0 Å². The highest BCUT2D eigenvalue weighted by molar-refractivity contribution is 6.25. The minimum Gasteiger partial charge on any atom is -0.486 e. The Morgan fingerprint density at radius 2 is 1.82 bits per heavy atom. The molecule has 2 fully saturated rings. The zero-order chi connectivity index (χ0) is 23.6. The number of nitrogens with two attached hydrogens (primary N) is 1. The number of hydrogen-bond acceptors (Lipinski definition) is 7. The molecule has 1 spiro atoms. The van der Waals surface area contributed by atoms with Crippen molar-refractivity contribution in [3.63, 3.8) is 0 Å². The van der Waals surface area contributed by atoms with Crippen LogP contribution in [0.2, 0.25) is 0 Å². The number of para-hydroxylation sites is 1. The fourth-order valence-electron chi connectivity index (χ4n) is 5.73. The van der Waals surface area contributed by atoms with E-state index in [-0.39, 0.29) is 12.8 Å². The monoisotopic (exact) mass is 462 g/mol. The second-order valence-electron chi connectivity index (χ2n) is 8.91. The number of hydrogen-bond donors (Lipinski definition) is 3. The summed E-state index contributed by atoms with van der Waals surface area (Å²) in [5.41, 5.74) is 5.50. The number of fused-ring (bicyclic) bond motifs is 5. The molecule has 10 nitrogen and oxygen atoms in total. The number of imide groups is 1. The van der Waals surface area contributed by atoms with E-state index >= 15 is 0 Å². The molecular formula is C24H22N4O6. The van der Waals surface area contributed by atoms with Crippen molar-refractivity contribution in [2.24, 2.45) is 17.6 Å². The van der Waals surface area contributed by atoms with E-state index in [0.29, 0.717) is 41.7 Å². The van der Waals surface area contributed by atoms with Crippen LogP contribution in [0.1, 0.15) is 18.4 Å². The average Bonchev–Trinajstić information content (AvgIpc) is 3.42. The molecule has 2 saturated heterocycles. The molecule has 2 aromatic carbocycles. The number of nitrogens with one attached hydrogen (secondary N) is 2. The summed E-state index contributed by atoms with van der Waals surface area (Å²) in [5.74, 6) is -2.65. The molecule has 0 bridgehead atoms. The third-order valence-electron chi connectivity index (χ3n) is 7.11. The number of anilines is 2. The molecule has 4 N–H and O–H groups in total. The van der Waals surface area contributed by atoms with Gasteiger partial charge in [-0.05, 0) is 24.6 Å². The Bertz CT molecular complexity index is 1260. The van der Waals surface area contributed by atoms with Crippen LogP contribution in [0.5, 0.6) is 11.5 Å². The molecular weight excluding hydrogens is 440 g/mol. The molecule has 10 heteroatoms. The first-order valence-corrected chi connectivity index (χ1v) is 11.2. The molecule has 0 unspecified atom stereocenters. The van der Waals surface area contributed by atoms with Gasteiger partial charge in [0.15, 0.2) is 11.5 Å². The summed E-state index contributed by atoms with van der Waals surface area (Å²) in [6.45, 7) is 0.783. The lowest BCUT2D eigenvalue weighted by Crippen LogP contribution is -2.53. The molecule has 0 radical (unpaired) electrons. The first kappa shape index (κ1) is 20.7. The maximum Gasteiger partial charge on any atom is 0.250 e. The number of amides is 4. The number of carbonyl (C=O) groups is 4. The highest BCUT2D eigenvalue weighted by atomic mass is 16.6. The van der Waals surface area contributed by atoms with E-state index in [1.54, 1.807) is 42.5 Å². The molecule has 0 aliphatic carbocycles. The fraction of sp³-hybridized carbons (Fsp3) is 0.333. The maximum atomic E-state index is 13.9. The van der Waals surface area contributed by atoms with E-state index in [4.69, 9.17) is 15.2 Å². The van der Waals surface area contributed by atoms with Crippen molar-refractivity contribution < 1.29 is 28.7 Å². The Hall–Kier alpha value is -3.92. The Morgan fingerprint density at radius 3 is 2.62 bits per heavy atom. The largest absolute Gasteiger partial charge is 0.486 e. The van der Waals surface area contributed by atoms with Gasteiger partial charge >= 0.3 is 0 Å². The first-order valence-electron chi connectivity index (χ1n) is 11.2. The molecule has 174 valence electrons. The predicted molar refractivity (Wildman–Crippen MR) is 119 cm³/mol. The zero-order valence-electron chi connectivity index (χ0n) is 18.1. The third-order valence-corrected chi connectivity index (χ3v) is 7.11. The number of carbonyl (C=O) groups excluding carboxylic acids is 4. The quantitative estimate of drug-likeness (QED) is 0.567. The van der Waals surface area contributed by atoms with Gasteiger partial charge in [-0.3, -0.25) is 24.5 Å². The van der Waals surface area contributed by atoms with Gasteiger partial charge in [-0.1, -0.05) is 18.2 Å². The summed E-state index contributed by atoms with van der Waals surface area (Å²) in [7, 11) is 0. The van der Waals surface area contributed by atoms with E-state index in [0.717, 1.165) is 4.90 Å². The van der Waals surface area contributed by atoms with Crippen molar-refractivity contribution in [3.05, 3.63) is 48.0 Å². The van der Waals surface area contributed by atoms with E-state index in [1.165, 1.54) is 0 Å². The minimum atomic E-state index is -1.42. The molecule has 0 aromatic heterocycles. The number of nitrogens with zero attached hydrogens (tertiary/aromatic N) is 1. The van der Waals surface area contributed by atoms with Crippen LogP contribution in [-0.4, -0.2) is 42.9 Å². The highest BCUT2D eigenvalue weighted by Gasteiger charge is 2.70. The molecule has 6 rings (SSSR count). The molecule has 4 aliphatic rings. The van der Waals surface area contributed by atoms with Gasteiger partial charge in [0.25, 0.3) is 0 Å². The zero-order valence-corrected chi connectivity index (χ0v) is 18.1. The van der Waals surface area contributed by atoms with Gasteiger partial charge < -0.3 is 20.5 Å². The van der Waals surface area contributed by atoms with Crippen LogP contribution >= 0.6 is 0 Å². The summed E-state index contributed by atoms with van der Waals surface area (Å²) < 4.78 is 11.2. The molecule has 0 saturated carbocycles.